The van der Waals surface area contributed by atoms with Crippen molar-refractivity contribution in [1.82, 2.24) is 15.4 Å². The zero-order valence-corrected chi connectivity index (χ0v) is 12.2. The van der Waals surface area contributed by atoms with Crippen molar-refractivity contribution in [3.05, 3.63) is 17.5 Å². The molecule has 1 aliphatic rings. The molecule has 20 heavy (non-hydrogen) atoms. The van der Waals surface area contributed by atoms with Gasteiger partial charge in [-0.3, -0.25) is 9.59 Å². The monoisotopic (exact) mass is 279 g/mol. The van der Waals surface area contributed by atoms with Crippen LogP contribution in [0.15, 0.2) is 10.6 Å². The Kier molecular flexibility index (Phi) is 4.42. The predicted octanol–water partition coefficient (Wildman–Crippen LogP) is 1.54. The third-order valence-electron chi connectivity index (χ3n) is 3.61. The van der Waals surface area contributed by atoms with Crippen LogP contribution in [0.5, 0.6) is 0 Å². The standard InChI is InChI=1S/C14H21N3O3/c1-9(2)12-8-10(16-20-12)14(19)17(3)11-6-4-5-7-15-13(11)18/h8-9,11H,4-7H2,1-3H3,(H,15,18)/t11-/m0/s1. The second kappa shape index (κ2) is 6.07. The van der Waals surface area contributed by atoms with Crippen molar-refractivity contribution in [2.75, 3.05) is 13.6 Å². The number of carbonyl (C=O) groups excluding carboxylic acids is 2. The Hall–Kier alpha value is -1.85. The maximum atomic E-state index is 12.4. The number of amides is 2. The van der Waals surface area contributed by atoms with Gasteiger partial charge in [-0.25, -0.2) is 0 Å². The summed E-state index contributed by atoms with van der Waals surface area (Å²) in [5.74, 6) is 0.483. The molecule has 0 aliphatic carbocycles. The third kappa shape index (κ3) is 3.00. The minimum atomic E-state index is -0.427. The van der Waals surface area contributed by atoms with E-state index in [1.54, 1.807) is 13.1 Å². The number of aromatic nitrogens is 1. The summed E-state index contributed by atoms with van der Waals surface area (Å²) in [6, 6.07) is 1.22. The van der Waals surface area contributed by atoms with Gasteiger partial charge in [-0.15, -0.1) is 0 Å². The number of hydrogen-bond acceptors (Lipinski definition) is 4. The second-order valence-electron chi connectivity index (χ2n) is 5.49. The fourth-order valence-electron chi connectivity index (χ4n) is 2.28. The highest BCUT2D eigenvalue weighted by Crippen LogP contribution is 2.18. The molecule has 0 spiro atoms. The molecule has 1 N–H and O–H groups in total. The van der Waals surface area contributed by atoms with Gasteiger partial charge in [0.25, 0.3) is 5.91 Å². The summed E-state index contributed by atoms with van der Waals surface area (Å²) in [4.78, 5) is 25.8. The van der Waals surface area contributed by atoms with E-state index in [4.69, 9.17) is 4.52 Å². The van der Waals surface area contributed by atoms with Crippen LogP contribution >= 0.6 is 0 Å². The topological polar surface area (TPSA) is 75.4 Å². The highest BCUT2D eigenvalue weighted by molar-refractivity contribution is 5.96. The first-order chi connectivity index (χ1) is 9.50. The van der Waals surface area contributed by atoms with E-state index in [2.05, 4.69) is 10.5 Å². The predicted molar refractivity (Wildman–Crippen MR) is 73.3 cm³/mol. The quantitative estimate of drug-likeness (QED) is 0.910. The van der Waals surface area contributed by atoms with E-state index >= 15 is 0 Å². The molecule has 0 bridgehead atoms. The Morgan fingerprint density at radius 2 is 2.25 bits per heavy atom. The van der Waals surface area contributed by atoms with Gasteiger partial charge in [-0.1, -0.05) is 19.0 Å². The van der Waals surface area contributed by atoms with Crippen LogP contribution in [0.3, 0.4) is 0 Å². The van der Waals surface area contributed by atoms with Gasteiger partial charge in [-0.05, 0) is 19.3 Å². The minimum Gasteiger partial charge on any atom is -0.360 e. The van der Waals surface area contributed by atoms with Gasteiger partial charge < -0.3 is 14.7 Å². The SMILES string of the molecule is CC(C)c1cc(C(=O)N(C)[C@H]2CCCCNC2=O)no1. The van der Waals surface area contributed by atoms with Crippen molar-refractivity contribution in [2.24, 2.45) is 0 Å². The average Bonchev–Trinajstić information content (AvgIpc) is 2.81. The fourth-order valence-corrected chi connectivity index (χ4v) is 2.28. The first-order valence-corrected chi connectivity index (χ1v) is 7.02. The maximum Gasteiger partial charge on any atom is 0.276 e. The summed E-state index contributed by atoms with van der Waals surface area (Å²) < 4.78 is 5.14. The first-order valence-electron chi connectivity index (χ1n) is 7.02. The van der Waals surface area contributed by atoms with E-state index in [9.17, 15) is 9.59 Å². The first kappa shape index (κ1) is 14.6. The molecular formula is C14H21N3O3. The lowest BCUT2D eigenvalue weighted by Crippen LogP contribution is -2.46. The number of carbonyl (C=O) groups is 2. The molecule has 0 aromatic carbocycles. The molecule has 0 radical (unpaired) electrons. The van der Waals surface area contributed by atoms with Crippen molar-refractivity contribution in [2.45, 2.75) is 45.1 Å². The maximum absolute atomic E-state index is 12.4. The highest BCUT2D eigenvalue weighted by atomic mass is 16.5. The summed E-state index contributed by atoms with van der Waals surface area (Å²) in [5, 5.41) is 6.63. The molecule has 1 aromatic rings. The Bertz CT molecular complexity index is 496. The van der Waals surface area contributed by atoms with Crippen molar-refractivity contribution in [3.8, 4) is 0 Å². The zero-order valence-electron chi connectivity index (χ0n) is 12.2. The Morgan fingerprint density at radius 3 is 2.90 bits per heavy atom. The van der Waals surface area contributed by atoms with Crippen LogP contribution in [0.1, 0.15) is 55.3 Å². The van der Waals surface area contributed by atoms with E-state index in [0.29, 0.717) is 18.7 Å². The summed E-state index contributed by atoms with van der Waals surface area (Å²) >= 11 is 0. The molecule has 1 saturated heterocycles. The van der Waals surface area contributed by atoms with E-state index in [0.717, 1.165) is 12.8 Å². The number of nitrogens with one attached hydrogen (secondary N) is 1. The van der Waals surface area contributed by atoms with E-state index in [-0.39, 0.29) is 23.4 Å². The van der Waals surface area contributed by atoms with Crippen LogP contribution in [0.4, 0.5) is 0 Å². The summed E-state index contributed by atoms with van der Waals surface area (Å²) in [6.07, 6.45) is 2.56. The van der Waals surface area contributed by atoms with Crippen LogP contribution in [-0.4, -0.2) is 41.5 Å². The Labute approximate surface area is 118 Å². The fraction of sp³-hybridized carbons (Fsp3) is 0.643. The van der Waals surface area contributed by atoms with Gasteiger partial charge in [0.15, 0.2) is 5.69 Å². The van der Waals surface area contributed by atoms with Crippen LogP contribution in [-0.2, 0) is 4.79 Å². The zero-order chi connectivity index (χ0) is 14.7. The molecule has 2 rings (SSSR count). The number of hydrogen-bond donors (Lipinski definition) is 1. The largest absolute Gasteiger partial charge is 0.360 e. The molecule has 1 fully saturated rings. The van der Waals surface area contributed by atoms with Crippen molar-refractivity contribution in [3.63, 3.8) is 0 Å². The number of nitrogens with zero attached hydrogens (tertiary/aromatic N) is 2. The molecule has 0 saturated carbocycles. The molecule has 6 heteroatoms. The molecule has 2 heterocycles. The van der Waals surface area contributed by atoms with Gasteiger partial charge in [0.05, 0.1) is 0 Å². The molecule has 2 amide bonds. The molecule has 6 nitrogen and oxygen atoms in total. The van der Waals surface area contributed by atoms with Gasteiger partial charge in [0.1, 0.15) is 11.8 Å². The van der Waals surface area contributed by atoms with Gasteiger partial charge in [-0.2, -0.15) is 0 Å². The summed E-state index contributed by atoms with van der Waals surface area (Å²) in [6.45, 7) is 4.62. The molecular weight excluding hydrogens is 258 g/mol. The Morgan fingerprint density at radius 1 is 1.50 bits per heavy atom. The van der Waals surface area contributed by atoms with Gasteiger partial charge in [0, 0.05) is 25.6 Å². The minimum absolute atomic E-state index is 0.0917. The van der Waals surface area contributed by atoms with Crippen LogP contribution in [0, 0.1) is 0 Å². The van der Waals surface area contributed by atoms with Crippen molar-refractivity contribution in [1.29, 1.82) is 0 Å². The lowest BCUT2D eigenvalue weighted by molar-refractivity contribution is -0.125. The van der Waals surface area contributed by atoms with Crippen LogP contribution in [0.2, 0.25) is 0 Å². The molecule has 1 aliphatic heterocycles. The van der Waals surface area contributed by atoms with Crippen LogP contribution < -0.4 is 5.32 Å². The van der Waals surface area contributed by atoms with E-state index in [1.807, 2.05) is 13.8 Å². The number of likely N-dealkylation sites (N-methyl/N-ethyl adjacent to an activating group) is 1. The van der Waals surface area contributed by atoms with Gasteiger partial charge >= 0.3 is 0 Å². The second-order valence-corrected chi connectivity index (χ2v) is 5.49. The molecule has 0 unspecified atom stereocenters. The van der Waals surface area contributed by atoms with Crippen molar-refractivity contribution < 1.29 is 14.1 Å². The lowest BCUT2D eigenvalue weighted by Gasteiger charge is -2.24. The molecule has 1 aromatic heterocycles. The molecule has 110 valence electrons. The van der Waals surface area contributed by atoms with E-state index < -0.39 is 6.04 Å². The molecule has 1 atom stereocenters. The Balaban J connectivity index is 2.12. The lowest BCUT2D eigenvalue weighted by atomic mass is 10.1. The van der Waals surface area contributed by atoms with Crippen LogP contribution in [0.25, 0.3) is 0 Å². The summed E-state index contributed by atoms with van der Waals surface area (Å²) in [5.41, 5.74) is 0.258. The number of rotatable bonds is 3. The average molecular weight is 279 g/mol. The highest BCUT2D eigenvalue weighted by Gasteiger charge is 2.30. The van der Waals surface area contributed by atoms with Gasteiger partial charge in [0.2, 0.25) is 5.91 Å². The van der Waals surface area contributed by atoms with E-state index in [1.165, 1.54) is 4.90 Å². The third-order valence-corrected chi connectivity index (χ3v) is 3.61. The van der Waals surface area contributed by atoms with Crippen molar-refractivity contribution >= 4 is 11.8 Å². The smallest absolute Gasteiger partial charge is 0.276 e. The summed E-state index contributed by atoms with van der Waals surface area (Å²) in [7, 11) is 1.64. The normalized spacial score (nSPS) is 19.6.